The number of ether oxygens (including phenoxy) is 1. The third-order valence-electron chi connectivity index (χ3n) is 6.46. The van der Waals surface area contributed by atoms with Gasteiger partial charge in [0.1, 0.15) is 11.4 Å². The van der Waals surface area contributed by atoms with Crippen LogP contribution in [-0.4, -0.2) is 56.6 Å². The molecule has 4 bridgehead atoms. The number of nitrogen functional groups attached to an aromatic ring is 1. The van der Waals surface area contributed by atoms with Crippen molar-refractivity contribution in [1.29, 1.82) is 0 Å². The minimum absolute atomic E-state index is 0.00921. The molecule has 3 N–H and O–H groups in total. The second kappa shape index (κ2) is 11.5. The summed E-state index contributed by atoms with van der Waals surface area (Å²) in [6.07, 6.45) is -16.2. The van der Waals surface area contributed by atoms with Crippen LogP contribution in [0.5, 0.6) is 5.75 Å². The topological polar surface area (TPSA) is 128 Å². The number of benzene rings is 1. The fourth-order valence-corrected chi connectivity index (χ4v) is 4.27. The number of aromatic nitrogens is 3. The molecular weight excluding hydrogens is 605 g/mol. The van der Waals surface area contributed by atoms with Gasteiger partial charge >= 0.3 is 18.5 Å². The van der Waals surface area contributed by atoms with Gasteiger partial charge in [0, 0.05) is 13.1 Å². The van der Waals surface area contributed by atoms with Crippen molar-refractivity contribution in [2.75, 3.05) is 18.9 Å². The number of anilines is 1. The summed E-state index contributed by atoms with van der Waals surface area (Å²) in [6, 6.07) is 5.27. The van der Waals surface area contributed by atoms with Crippen LogP contribution in [-0.2, 0) is 18.3 Å². The number of nitrogens with two attached hydrogens (primary N) is 1. The predicted molar refractivity (Wildman–Crippen MR) is 128 cm³/mol. The van der Waals surface area contributed by atoms with Crippen molar-refractivity contribution in [3.8, 4) is 17.3 Å². The molecule has 0 radical (unpaired) electrons. The summed E-state index contributed by atoms with van der Waals surface area (Å²) >= 11 is 0. The number of rotatable bonds is 4. The molecule has 43 heavy (non-hydrogen) atoms. The first-order chi connectivity index (χ1) is 19.9. The first-order valence-electron chi connectivity index (χ1n) is 12.5. The van der Waals surface area contributed by atoms with E-state index in [1.807, 2.05) is 0 Å². The number of hydrogen-bond donors (Lipinski definition) is 2. The highest BCUT2D eigenvalue weighted by Crippen LogP contribution is 2.43. The Morgan fingerprint density at radius 3 is 2.26 bits per heavy atom. The van der Waals surface area contributed by atoms with Crippen molar-refractivity contribution >= 4 is 11.6 Å². The molecule has 0 saturated heterocycles. The van der Waals surface area contributed by atoms with Crippen molar-refractivity contribution in [2.45, 2.75) is 56.4 Å². The van der Waals surface area contributed by atoms with Crippen molar-refractivity contribution < 1.29 is 58.6 Å². The van der Waals surface area contributed by atoms with Crippen LogP contribution in [0.1, 0.15) is 53.2 Å². The molecule has 0 fully saturated rings. The van der Waals surface area contributed by atoms with E-state index in [1.165, 1.54) is 24.3 Å². The zero-order valence-electron chi connectivity index (χ0n) is 21.8. The summed E-state index contributed by atoms with van der Waals surface area (Å²) in [7, 11) is 0. The van der Waals surface area contributed by atoms with E-state index < -0.39 is 77.5 Å². The number of hydrogen-bond acceptors (Lipinski definition) is 8. The summed E-state index contributed by atoms with van der Waals surface area (Å²) in [5, 5.41) is 17.1. The average Bonchev–Trinajstić information content (AvgIpc) is 3.39. The third-order valence-corrected chi connectivity index (χ3v) is 6.46. The van der Waals surface area contributed by atoms with E-state index in [2.05, 4.69) is 19.9 Å². The summed E-state index contributed by atoms with van der Waals surface area (Å²) in [5.41, 5.74) is -1.77. The molecule has 0 unspecified atom stereocenters. The Bertz CT molecular complexity index is 1460. The zero-order valence-corrected chi connectivity index (χ0v) is 21.8. The molecule has 1 amide bonds. The lowest BCUT2D eigenvalue weighted by atomic mass is 9.95. The second-order valence-electron chi connectivity index (χ2n) is 9.68. The molecule has 3 heterocycles. The maximum Gasteiger partial charge on any atom is 0.426 e. The van der Waals surface area contributed by atoms with E-state index in [1.54, 1.807) is 0 Å². The molecule has 0 saturated carbocycles. The standard InChI is InChI=1S/C25H22F9N5O4/c26-23(27,28)12-42-14-6-4-13(5-7-14)11-39-9-3-1-2-8-22(41,25(32,33)34)21-38-37-19(43-21)18-16(35)10-15(24(29,30)31)17(36-18)20(39)40/h4-7,10,41H,1-3,8-9,11-12,35H2/t22-/m1/s1. The molecule has 2 aromatic heterocycles. The van der Waals surface area contributed by atoms with Crippen LogP contribution >= 0.6 is 0 Å². The van der Waals surface area contributed by atoms with E-state index >= 15 is 0 Å². The van der Waals surface area contributed by atoms with Crippen LogP contribution in [0.25, 0.3) is 11.6 Å². The maximum atomic E-state index is 14.0. The Morgan fingerprint density at radius 1 is 0.977 bits per heavy atom. The van der Waals surface area contributed by atoms with Crippen LogP contribution in [0.2, 0.25) is 0 Å². The minimum Gasteiger partial charge on any atom is -0.484 e. The molecule has 18 heteroatoms. The molecule has 0 spiro atoms. The van der Waals surface area contributed by atoms with Crippen LogP contribution in [0, 0.1) is 0 Å². The van der Waals surface area contributed by atoms with E-state index in [9.17, 15) is 49.4 Å². The fraction of sp³-hybridized carbons (Fsp3) is 0.440. The monoisotopic (exact) mass is 627 g/mol. The van der Waals surface area contributed by atoms with Crippen molar-refractivity contribution in [3.63, 3.8) is 0 Å². The summed E-state index contributed by atoms with van der Waals surface area (Å²) < 4.78 is 131. The van der Waals surface area contributed by atoms with Crippen LogP contribution < -0.4 is 10.5 Å². The Kier molecular flexibility index (Phi) is 8.54. The molecular formula is C25H22F9N5O4. The van der Waals surface area contributed by atoms with Gasteiger partial charge in [0.25, 0.3) is 17.7 Å². The van der Waals surface area contributed by atoms with Crippen molar-refractivity contribution in [1.82, 2.24) is 20.1 Å². The molecule has 3 aromatic rings. The normalized spacial score (nSPS) is 18.8. The number of pyridine rings is 1. The van der Waals surface area contributed by atoms with Crippen LogP contribution in [0.15, 0.2) is 34.7 Å². The smallest absolute Gasteiger partial charge is 0.426 e. The fourth-order valence-electron chi connectivity index (χ4n) is 4.27. The lowest BCUT2D eigenvalue weighted by Crippen LogP contribution is -2.42. The number of fused-ring (bicyclic) bond motifs is 5. The summed E-state index contributed by atoms with van der Waals surface area (Å²) in [5.74, 6) is -3.52. The van der Waals surface area contributed by atoms with Crippen LogP contribution in [0.3, 0.4) is 0 Å². The zero-order chi connectivity index (χ0) is 31.8. The Hall–Kier alpha value is -4.09. The number of amides is 1. The SMILES string of the molecule is Nc1cc(C(F)(F)F)c2nc1-c1nnc(o1)[C@@](O)(C(F)(F)F)CCCCCN(Cc1ccc(OCC(F)(F)F)cc1)C2=O. The van der Waals surface area contributed by atoms with E-state index in [-0.39, 0.29) is 43.7 Å². The van der Waals surface area contributed by atoms with Gasteiger partial charge in [-0.25, -0.2) is 4.98 Å². The Morgan fingerprint density at radius 2 is 1.65 bits per heavy atom. The Balaban J connectivity index is 1.76. The number of aliphatic hydroxyl groups is 1. The third kappa shape index (κ3) is 7.11. The molecule has 1 aliphatic rings. The average molecular weight is 627 g/mol. The number of alkyl halides is 9. The molecule has 0 aliphatic carbocycles. The highest BCUT2D eigenvalue weighted by atomic mass is 19.4. The van der Waals surface area contributed by atoms with Gasteiger partial charge in [-0.2, -0.15) is 39.5 Å². The number of nitrogens with zero attached hydrogens (tertiary/aromatic N) is 4. The number of carbonyl (C=O) groups excluding carboxylic acids is 1. The first-order valence-corrected chi connectivity index (χ1v) is 12.5. The molecule has 4 rings (SSSR count). The lowest BCUT2D eigenvalue weighted by molar-refractivity contribution is -0.277. The van der Waals surface area contributed by atoms with E-state index in [0.717, 1.165) is 4.90 Å². The summed E-state index contributed by atoms with van der Waals surface area (Å²) in [6.45, 7) is -2.17. The molecule has 1 aromatic carbocycles. The predicted octanol–water partition coefficient (Wildman–Crippen LogP) is 5.64. The minimum atomic E-state index is -5.27. The van der Waals surface area contributed by atoms with Gasteiger partial charge in [0.15, 0.2) is 12.3 Å². The molecule has 234 valence electrons. The summed E-state index contributed by atoms with van der Waals surface area (Å²) in [4.78, 5) is 18.2. The van der Waals surface area contributed by atoms with E-state index in [4.69, 9.17) is 10.2 Å². The quantitative estimate of drug-likeness (QED) is 0.356. The lowest BCUT2D eigenvalue weighted by Gasteiger charge is -2.27. The van der Waals surface area contributed by atoms with Gasteiger partial charge in [-0.05, 0) is 43.0 Å². The maximum absolute atomic E-state index is 14.0. The largest absolute Gasteiger partial charge is 0.484 e. The highest BCUT2D eigenvalue weighted by molar-refractivity contribution is 5.95. The van der Waals surface area contributed by atoms with Crippen molar-refractivity contribution in [2.24, 2.45) is 0 Å². The molecule has 1 atom stereocenters. The van der Waals surface area contributed by atoms with Gasteiger partial charge in [-0.3, -0.25) is 4.79 Å². The van der Waals surface area contributed by atoms with Gasteiger partial charge in [0.05, 0.1) is 11.3 Å². The van der Waals surface area contributed by atoms with Gasteiger partial charge < -0.3 is 24.9 Å². The number of halogens is 9. The molecule has 1 aliphatic heterocycles. The van der Waals surface area contributed by atoms with Crippen LogP contribution in [0.4, 0.5) is 45.2 Å². The van der Waals surface area contributed by atoms with Gasteiger partial charge in [-0.15, -0.1) is 10.2 Å². The first kappa shape index (κ1) is 31.8. The molecule has 9 nitrogen and oxygen atoms in total. The van der Waals surface area contributed by atoms with Crippen molar-refractivity contribution in [3.05, 3.63) is 53.0 Å². The van der Waals surface area contributed by atoms with Gasteiger partial charge in [0.2, 0.25) is 5.60 Å². The number of carbonyl (C=O) groups is 1. The second-order valence-corrected chi connectivity index (χ2v) is 9.68. The van der Waals surface area contributed by atoms with Gasteiger partial charge in [-0.1, -0.05) is 18.6 Å². The van der Waals surface area contributed by atoms with E-state index in [0.29, 0.717) is 6.07 Å². The Labute approximate surface area is 236 Å². The highest BCUT2D eigenvalue weighted by Gasteiger charge is 2.58.